The zero-order valence-corrected chi connectivity index (χ0v) is 20.6. The monoisotopic (exact) mass is 498 g/mol. The minimum atomic E-state index is -4.58. The lowest BCUT2D eigenvalue weighted by molar-refractivity contribution is -0.574. The number of aromatic nitrogens is 4. The molecule has 0 unspecified atom stereocenters. The van der Waals surface area contributed by atoms with Crippen LogP contribution in [0.25, 0.3) is 38.8 Å². The fraction of sp³-hybridized carbons (Fsp3) is 0.280. The fourth-order valence-corrected chi connectivity index (χ4v) is 4.31. The van der Waals surface area contributed by atoms with E-state index in [2.05, 4.69) is 15.3 Å². The smallest absolute Gasteiger partial charge is 0.370 e. The van der Waals surface area contributed by atoms with Crippen molar-refractivity contribution in [2.24, 2.45) is 7.05 Å². The van der Waals surface area contributed by atoms with Crippen molar-refractivity contribution in [2.75, 3.05) is 18.9 Å². The maximum absolute atomic E-state index is 13.7. The minimum Gasteiger partial charge on any atom is -0.370 e. The first-order chi connectivity index (χ1) is 17.0. The predicted octanol–water partition coefficient (Wildman–Crippen LogP) is 3.82. The molecule has 0 amide bonds. The van der Waals surface area contributed by atoms with Crippen LogP contribution in [0.3, 0.4) is 0 Å². The molecule has 188 valence electrons. The van der Waals surface area contributed by atoms with Crippen LogP contribution in [0.1, 0.15) is 26.3 Å². The number of nitrogens with one attached hydrogen (secondary N) is 2. The Kier molecular flexibility index (Phi) is 6.44. The Bertz CT molecular complexity index is 1600. The van der Waals surface area contributed by atoms with Crippen LogP contribution in [0.2, 0.25) is 0 Å². The number of aryl methyl sites for hydroxylation is 1. The Labute approximate surface area is 205 Å². The maximum Gasteiger partial charge on any atom is 0.419 e. The highest BCUT2D eigenvalue weighted by Gasteiger charge is 2.34. The number of fused-ring (bicyclic) bond motifs is 3. The molecule has 0 bridgehead atoms. The molecule has 0 fully saturated rings. The summed E-state index contributed by atoms with van der Waals surface area (Å²) in [5.74, 6) is -0.224. The Morgan fingerprint density at radius 3 is 2.47 bits per heavy atom. The zero-order valence-electron chi connectivity index (χ0n) is 20.6. The number of hydrogen-bond donors (Lipinski definition) is 3. The summed E-state index contributed by atoms with van der Waals surface area (Å²) >= 11 is 0. The van der Waals surface area contributed by atoms with E-state index < -0.39 is 11.7 Å². The van der Waals surface area contributed by atoms with E-state index >= 15 is 0 Å². The summed E-state index contributed by atoms with van der Waals surface area (Å²) in [4.78, 5) is 21.8. The Hall–Kier alpha value is -3.99. The number of allylic oxidation sites excluding steroid dienone is 2. The maximum atomic E-state index is 13.7. The second-order valence-corrected chi connectivity index (χ2v) is 8.49. The number of quaternary nitrogens is 1. The molecule has 0 atom stereocenters. The summed E-state index contributed by atoms with van der Waals surface area (Å²) in [6, 6.07) is 6.17. The van der Waals surface area contributed by atoms with Crippen LogP contribution in [0, 0.1) is 5.41 Å². The summed E-state index contributed by atoms with van der Waals surface area (Å²) < 4.78 is 44.2. The molecule has 4 rings (SSSR count). The van der Waals surface area contributed by atoms with E-state index in [1.165, 1.54) is 15.3 Å². The van der Waals surface area contributed by atoms with E-state index in [4.69, 9.17) is 5.41 Å². The van der Waals surface area contributed by atoms with Crippen LogP contribution < -0.4 is 16.3 Å². The molecule has 0 aliphatic carbocycles. The van der Waals surface area contributed by atoms with Crippen LogP contribution in [0.5, 0.6) is 0 Å². The third-order valence-electron chi connectivity index (χ3n) is 6.14. The molecule has 8 nitrogen and oxygen atoms in total. The van der Waals surface area contributed by atoms with E-state index in [0.717, 1.165) is 11.8 Å². The number of benzene rings is 1. The van der Waals surface area contributed by atoms with Gasteiger partial charge in [-0.2, -0.15) is 13.2 Å². The average Bonchev–Trinajstić information content (AvgIpc) is 3.08. The second-order valence-electron chi connectivity index (χ2n) is 8.49. The number of nitrogens with two attached hydrogens (primary N) is 1. The zero-order chi connectivity index (χ0) is 26.4. The first-order valence-corrected chi connectivity index (χ1v) is 11.4. The van der Waals surface area contributed by atoms with Crippen molar-refractivity contribution in [3.8, 4) is 11.1 Å². The van der Waals surface area contributed by atoms with E-state index in [1.54, 1.807) is 45.3 Å². The first kappa shape index (κ1) is 25.1. The van der Waals surface area contributed by atoms with Gasteiger partial charge in [-0.15, -0.1) is 0 Å². The molecule has 0 aliphatic heterocycles. The van der Waals surface area contributed by atoms with Crippen LogP contribution >= 0.6 is 0 Å². The normalized spacial score (nSPS) is 12.8. The molecule has 0 saturated heterocycles. The van der Waals surface area contributed by atoms with Crippen molar-refractivity contribution in [3.05, 3.63) is 58.4 Å². The number of alkyl halides is 3. The molecule has 3 aromatic heterocycles. The van der Waals surface area contributed by atoms with Gasteiger partial charge in [-0.25, -0.2) is 9.78 Å². The Balaban J connectivity index is 2.06. The van der Waals surface area contributed by atoms with Gasteiger partial charge >= 0.3 is 11.9 Å². The Morgan fingerprint density at radius 1 is 1.14 bits per heavy atom. The minimum absolute atomic E-state index is 0.208. The molecule has 4 N–H and O–H groups in total. The van der Waals surface area contributed by atoms with E-state index in [9.17, 15) is 18.0 Å². The highest BCUT2D eigenvalue weighted by Crippen LogP contribution is 2.37. The lowest BCUT2D eigenvalue weighted by atomic mass is 10.0. The predicted molar refractivity (Wildman–Crippen MR) is 135 cm³/mol. The molecule has 0 saturated carbocycles. The van der Waals surface area contributed by atoms with E-state index in [0.29, 0.717) is 39.7 Å². The third-order valence-corrected chi connectivity index (χ3v) is 6.14. The van der Waals surface area contributed by atoms with E-state index in [-0.39, 0.29) is 22.8 Å². The van der Waals surface area contributed by atoms with Crippen molar-refractivity contribution >= 4 is 39.2 Å². The summed E-state index contributed by atoms with van der Waals surface area (Å²) in [6.07, 6.45) is -1.60. The highest BCUT2D eigenvalue weighted by molar-refractivity contribution is 6.18. The SMILES string of the molecule is CCNc1ncc(-c2ccc3ncc4c(c3c2)n(C(C(C)=N)=C(C)[NH2+]C)c(=O)n4C)cc1C(F)(F)F. The molecule has 1 aromatic carbocycles. The summed E-state index contributed by atoms with van der Waals surface area (Å²) in [5, 5.41) is 13.4. The van der Waals surface area contributed by atoms with Gasteiger partial charge in [0.05, 0.1) is 41.1 Å². The molecule has 0 radical (unpaired) electrons. The van der Waals surface area contributed by atoms with Crippen molar-refractivity contribution in [1.82, 2.24) is 19.1 Å². The topological polar surface area (TPSA) is 105 Å². The van der Waals surface area contributed by atoms with E-state index in [1.807, 2.05) is 19.3 Å². The number of nitrogens with zero attached hydrogens (tertiary/aromatic N) is 4. The van der Waals surface area contributed by atoms with Gasteiger partial charge in [-0.3, -0.25) is 14.1 Å². The summed E-state index contributed by atoms with van der Waals surface area (Å²) in [5.41, 5.74) is 2.63. The molecule has 36 heavy (non-hydrogen) atoms. The van der Waals surface area contributed by atoms with Gasteiger partial charge in [-0.05, 0) is 37.6 Å². The molecular weight excluding hydrogens is 471 g/mol. The van der Waals surface area contributed by atoms with Gasteiger partial charge in [0.2, 0.25) is 0 Å². The second kappa shape index (κ2) is 9.23. The highest BCUT2D eigenvalue weighted by atomic mass is 19.4. The number of rotatable bonds is 6. The van der Waals surface area contributed by atoms with Crippen molar-refractivity contribution < 1.29 is 18.5 Å². The number of pyridine rings is 2. The number of hydrogen-bond acceptors (Lipinski definition) is 5. The molecule has 0 spiro atoms. The van der Waals surface area contributed by atoms with Crippen molar-refractivity contribution in [3.63, 3.8) is 0 Å². The number of anilines is 1. The van der Waals surface area contributed by atoms with Crippen LogP contribution in [-0.4, -0.2) is 38.4 Å². The largest absolute Gasteiger partial charge is 0.419 e. The van der Waals surface area contributed by atoms with Gasteiger partial charge in [0.15, 0.2) is 0 Å². The van der Waals surface area contributed by atoms with Gasteiger partial charge in [0.25, 0.3) is 0 Å². The average molecular weight is 499 g/mol. The van der Waals surface area contributed by atoms with Crippen molar-refractivity contribution in [2.45, 2.75) is 26.9 Å². The molecule has 3 heterocycles. The fourth-order valence-electron chi connectivity index (χ4n) is 4.31. The quantitative estimate of drug-likeness (QED) is 0.352. The lowest BCUT2D eigenvalue weighted by Crippen LogP contribution is -2.77. The molecular formula is C25H27F3N7O+. The van der Waals surface area contributed by atoms with Crippen LogP contribution in [0.15, 0.2) is 47.2 Å². The van der Waals surface area contributed by atoms with Gasteiger partial charge in [0, 0.05) is 37.7 Å². The third kappa shape index (κ3) is 4.15. The standard InChI is InChI=1S/C25H26F3N7O/c1-6-31-23-18(25(26,27)28)10-16(11-33-23)15-7-8-19-17(9-15)22-20(12-32-19)34(5)24(36)35(22)21(13(2)29)14(3)30-4/h7-12,29-30H,6H2,1-5H3,(H,31,33)/p+1. The Morgan fingerprint density at radius 2 is 1.86 bits per heavy atom. The number of imidazole rings is 1. The van der Waals surface area contributed by atoms with Gasteiger partial charge < -0.3 is 16.0 Å². The number of halogens is 3. The summed E-state index contributed by atoms with van der Waals surface area (Å²) in [7, 11) is 3.45. The molecule has 0 aliphatic rings. The van der Waals surface area contributed by atoms with Gasteiger partial charge in [-0.1, -0.05) is 6.07 Å². The first-order valence-electron chi connectivity index (χ1n) is 11.4. The molecule has 4 aromatic rings. The molecule has 11 heteroatoms. The van der Waals surface area contributed by atoms with Crippen LogP contribution in [0.4, 0.5) is 19.0 Å². The van der Waals surface area contributed by atoms with Crippen LogP contribution in [-0.2, 0) is 13.2 Å². The van der Waals surface area contributed by atoms with Crippen molar-refractivity contribution in [1.29, 1.82) is 5.41 Å². The lowest BCUT2D eigenvalue weighted by Gasteiger charge is -2.15. The van der Waals surface area contributed by atoms with Gasteiger partial charge in [0.1, 0.15) is 17.2 Å². The summed E-state index contributed by atoms with van der Waals surface area (Å²) in [6.45, 7) is 5.44.